The van der Waals surface area contributed by atoms with E-state index in [1.54, 1.807) is 13.3 Å². The Labute approximate surface area is 156 Å². The Morgan fingerprint density at radius 2 is 1.96 bits per heavy atom. The monoisotopic (exact) mass is 360 g/mol. The molecule has 3 rings (SSSR count). The van der Waals surface area contributed by atoms with E-state index < -0.39 is 5.91 Å². The molecular formula is C20H32N4O2. The molecule has 1 heterocycles. The first-order valence-corrected chi connectivity index (χ1v) is 9.94. The van der Waals surface area contributed by atoms with Crippen molar-refractivity contribution >= 4 is 11.9 Å². The van der Waals surface area contributed by atoms with Gasteiger partial charge < -0.3 is 15.8 Å². The number of hydrogen-bond donors (Lipinski definition) is 2. The van der Waals surface area contributed by atoms with Crippen molar-refractivity contribution in [1.82, 2.24) is 9.97 Å². The molecule has 2 aliphatic rings. The van der Waals surface area contributed by atoms with Crippen LogP contribution in [0.1, 0.15) is 80.8 Å². The maximum Gasteiger partial charge on any atom is 0.252 e. The third-order valence-corrected chi connectivity index (χ3v) is 6.13. The lowest BCUT2D eigenvalue weighted by atomic mass is 9.72. The van der Waals surface area contributed by atoms with Crippen LogP contribution in [0.25, 0.3) is 0 Å². The first-order chi connectivity index (χ1) is 12.5. The zero-order valence-corrected chi connectivity index (χ0v) is 16.1. The van der Waals surface area contributed by atoms with Crippen molar-refractivity contribution < 1.29 is 9.53 Å². The molecule has 1 aromatic heterocycles. The minimum absolute atomic E-state index is 0.199. The minimum atomic E-state index is -0.438. The van der Waals surface area contributed by atoms with Crippen LogP contribution in [0.5, 0.6) is 0 Å². The van der Waals surface area contributed by atoms with Gasteiger partial charge in [0, 0.05) is 19.3 Å². The zero-order valence-electron chi connectivity index (χ0n) is 16.1. The van der Waals surface area contributed by atoms with Gasteiger partial charge in [0.25, 0.3) is 5.91 Å². The van der Waals surface area contributed by atoms with Crippen molar-refractivity contribution in [3.8, 4) is 0 Å². The highest BCUT2D eigenvalue weighted by atomic mass is 16.5. The Kier molecular flexibility index (Phi) is 6.12. The van der Waals surface area contributed by atoms with Gasteiger partial charge in [0.2, 0.25) is 5.95 Å². The summed E-state index contributed by atoms with van der Waals surface area (Å²) < 4.78 is 5.44. The summed E-state index contributed by atoms with van der Waals surface area (Å²) in [6.07, 6.45) is 13.1. The molecule has 0 unspecified atom stereocenters. The smallest absolute Gasteiger partial charge is 0.252 e. The van der Waals surface area contributed by atoms with Crippen LogP contribution in [0.2, 0.25) is 0 Å². The standard InChI is InChI=1S/C20H32N4O2/c1-20(10-4-3-5-11-20)12-17-16(18(21)25)13-22-19(24-17)23-14-6-8-15(26-2)9-7-14/h13-15H,3-12H2,1-2H3,(H2,21,25)(H,22,23,24). The molecule has 0 aliphatic heterocycles. The highest BCUT2D eigenvalue weighted by molar-refractivity contribution is 5.93. The van der Waals surface area contributed by atoms with Crippen molar-refractivity contribution in [2.45, 2.75) is 83.3 Å². The minimum Gasteiger partial charge on any atom is -0.381 e. The highest BCUT2D eigenvalue weighted by Gasteiger charge is 2.30. The number of nitrogens with two attached hydrogens (primary N) is 1. The molecule has 6 nitrogen and oxygen atoms in total. The average molecular weight is 361 g/mol. The van der Waals surface area contributed by atoms with E-state index in [1.807, 2.05) is 0 Å². The van der Waals surface area contributed by atoms with E-state index in [0.717, 1.165) is 37.8 Å². The summed E-state index contributed by atoms with van der Waals surface area (Å²) in [6, 6.07) is 0.360. The molecule has 2 saturated carbocycles. The van der Waals surface area contributed by atoms with Crippen molar-refractivity contribution in [3.05, 3.63) is 17.5 Å². The first kappa shape index (κ1) is 19.1. The SMILES string of the molecule is COC1CCC(Nc2ncc(C(N)=O)c(CC3(C)CCCCC3)n2)CC1. The quantitative estimate of drug-likeness (QED) is 0.811. The Morgan fingerprint density at radius 1 is 1.27 bits per heavy atom. The number of carbonyl (C=O) groups is 1. The summed E-state index contributed by atoms with van der Waals surface area (Å²) in [4.78, 5) is 20.9. The van der Waals surface area contributed by atoms with Gasteiger partial charge in [-0.1, -0.05) is 26.2 Å². The number of methoxy groups -OCH3 is 1. The molecule has 2 aliphatic carbocycles. The normalized spacial score (nSPS) is 25.6. The Hall–Kier alpha value is -1.69. The molecule has 1 amide bonds. The second kappa shape index (κ2) is 8.33. The number of aromatic nitrogens is 2. The molecule has 0 atom stereocenters. The molecule has 0 radical (unpaired) electrons. The van der Waals surface area contributed by atoms with Crippen molar-refractivity contribution in [3.63, 3.8) is 0 Å². The second-order valence-electron chi connectivity index (χ2n) is 8.32. The van der Waals surface area contributed by atoms with Crippen LogP contribution < -0.4 is 11.1 Å². The molecule has 1 aromatic rings. The lowest BCUT2D eigenvalue weighted by Gasteiger charge is -2.34. The number of nitrogens with one attached hydrogen (secondary N) is 1. The van der Waals surface area contributed by atoms with Crippen LogP contribution in [-0.4, -0.2) is 35.1 Å². The molecule has 144 valence electrons. The third kappa shape index (κ3) is 4.72. The summed E-state index contributed by atoms with van der Waals surface area (Å²) in [5.74, 6) is 0.178. The molecule has 0 bridgehead atoms. The third-order valence-electron chi connectivity index (χ3n) is 6.13. The van der Waals surface area contributed by atoms with Crippen LogP contribution in [0.3, 0.4) is 0 Å². The lowest BCUT2D eigenvalue weighted by Crippen LogP contribution is -2.30. The van der Waals surface area contributed by atoms with Crippen LogP contribution in [0.4, 0.5) is 5.95 Å². The van der Waals surface area contributed by atoms with E-state index >= 15 is 0 Å². The molecule has 0 aromatic carbocycles. The maximum atomic E-state index is 11.8. The van der Waals surface area contributed by atoms with Gasteiger partial charge in [0.1, 0.15) is 0 Å². The summed E-state index contributed by atoms with van der Waals surface area (Å²) in [5, 5.41) is 3.45. The van der Waals surface area contributed by atoms with Crippen molar-refractivity contribution in [2.75, 3.05) is 12.4 Å². The van der Waals surface area contributed by atoms with E-state index in [4.69, 9.17) is 15.5 Å². The van der Waals surface area contributed by atoms with E-state index in [9.17, 15) is 4.79 Å². The van der Waals surface area contributed by atoms with E-state index in [0.29, 0.717) is 23.7 Å². The van der Waals surface area contributed by atoms with Crippen molar-refractivity contribution in [1.29, 1.82) is 0 Å². The van der Waals surface area contributed by atoms with Gasteiger partial charge >= 0.3 is 0 Å². The van der Waals surface area contributed by atoms with Crippen LogP contribution in [-0.2, 0) is 11.2 Å². The molecule has 0 saturated heterocycles. The van der Waals surface area contributed by atoms with Gasteiger partial charge in [-0.3, -0.25) is 4.79 Å². The van der Waals surface area contributed by atoms with E-state index in [1.165, 1.54) is 32.1 Å². The topological polar surface area (TPSA) is 90.1 Å². The number of carbonyl (C=O) groups excluding carboxylic acids is 1. The van der Waals surface area contributed by atoms with Gasteiger partial charge in [-0.15, -0.1) is 0 Å². The molecule has 2 fully saturated rings. The van der Waals surface area contributed by atoms with Gasteiger partial charge in [-0.2, -0.15) is 0 Å². The van der Waals surface area contributed by atoms with Gasteiger partial charge in [0.05, 0.1) is 17.4 Å². The molecule has 26 heavy (non-hydrogen) atoms. The van der Waals surface area contributed by atoms with Gasteiger partial charge in [-0.25, -0.2) is 9.97 Å². The summed E-state index contributed by atoms with van der Waals surface area (Å²) in [5.41, 5.74) is 7.03. The summed E-state index contributed by atoms with van der Waals surface area (Å²) in [6.45, 7) is 2.30. The van der Waals surface area contributed by atoms with E-state index in [2.05, 4.69) is 17.2 Å². The average Bonchev–Trinajstić information content (AvgIpc) is 2.62. The summed E-state index contributed by atoms with van der Waals surface area (Å²) in [7, 11) is 1.78. The number of primary amides is 1. The number of ether oxygens (including phenoxy) is 1. The Bertz CT molecular complexity index is 620. The van der Waals surface area contributed by atoms with Crippen molar-refractivity contribution in [2.24, 2.45) is 11.1 Å². The number of hydrogen-bond acceptors (Lipinski definition) is 5. The highest BCUT2D eigenvalue weighted by Crippen LogP contribution is 2.39. The predicted octanol–water partition coefficient (Wildman–Crippen LogP) is 3.46. The number of nitrogens with zero attached hydrogens (tertiary/aromatic N) is 2. The fourth-order valence-electron chi connectivity index (χ4n) is 4.44. The van der Waals surface area contributed by atoms with Crippen LogP contribution in [0, 0.1) is 5.41 Å². The number of anilines is 1. The zero-order chi connectivity index (χ0) is 18.6. The predicted molar refractivity (Wildman–Crippen MR) is 102 cm³/mol. The number of amides is 1. The molecular weight excluding hydrogens is 328 g/mol. The van der Waals surface area contributed by atoms with Crippen LogP contribution >= 0.6 is 0 Å². The van der Waals surface area contributed by atoms with Gasteiger partial charge in [-0.05, 0) is 50.4 Å². The Morgan fingerprint density at radius 3 is 2.58 bits per heavy atom. The molecule has 6 heteroatoms. The number of rotatable bonds is 6. The first-order valence-electron chi connectivity index (χ1n) is 9.94. The van der Waals surface area contributed by atoms with Gasteiger partial charge in [0.15, 0.2) is 0 Å². The fraction of sp³-hybridized carbons (Fsp3) is 0.750. The molecule has 3 N–H and O–H groups in total. The summed E-state index contributed by atoms with van der Waals surface area (Å²) >= 11 is 0. The molecule has 0 spiro atoms. The van der Waals surface area contributed by atoms with Crippen LogP contribution in [0.15, 0.2) is 6.20 Å². The lowest BCUT2D eigenvalue weighted by molar-refractivity contribution is 0.0681. The van der Waals surface area contributed by atoms with E-state index in [-0.39, 0.29) is 5.41 Å². The largest absolute Gasteiger partial charge is 0.381 e. The fourth-order valence-corrected chi connectivity index (χ4v) is 4.44. The Balaban J connectivity index is 1.72. The maximum absolute atomic E-state index is 11.8. The second-order valence-corrected chi connectivity index (χ2v) is 8.32.